The first-order valence-electron chi connectivity index (χ1n) is 8.92. The monoisotopic (exact) mass is 382 g/mol. The van der Waals surface area contributed by atoms with Crippen molar-refractivity contribution in [1.29, 1.82) is 0 Å². The van der Waals surface area contributed by atoms with Gasteiger partial charge in [-0.05, 0) is 37.0 Å². The highest BCUT2D eigenvalue weighted by atomic mass is 32.2. The minimum absolute atomic E-state index is 0.172. The van der Waals surface area contributed by atoms with Crippen molar-refractivity contribution in [2.45, 2.75) is 50.5 Å². The third-order valence-electron chi connectivity index (χ3n) is 4.75. The molecule has 1 N–H and O–H groups in total. The number of carboxylic acid groups (broad SMARTS) is 1. The lowest BCUT2D eigenvalue weighted by Gasteiger charge is -2.21. The first kappa shape index (κ1) is 20.4. The SMILES string of the molecule is CCN(CC)S(=O)(=O)c1ccc(CCC(=O)N2CCC[C@H]2C(=O)O)cc1. The fourth-order valence-corrected chi connectivity index (χ4v) is 4.72. The lowest BCUT2D eigenvalue weighted by molar-refractivity contribution is -0.148. The average Bonchev–Trinajstić information content (AvgIpc) is 3.11. The van der Waals surface area contributed by atoms with Crippen molar-refractivity contribution in [3.8, 4) is 0 Å². The van der Waals surface area contributed by atoms with E-state index >= 15 is 0 Å². The van der Waals surface area contributed by atoms with E-state index in [4.69, 9.17) is 5.11 Å². The number of carbonyl (C=O) groups is 2. The minimum atomic E-state index is -3.49. The molecule has 0 aliphatic carbocycles. The van der Waals surface area contributed by atoms with Gasteiger partial charge in [0.2, 0.25) is 15.9 Å². The molecule has 0 unspecified atom stereocenters. The zero-order chi connectivity index (χ0) is 19.3. The number of aryl methyl sites for hydroxylation is 1. The van der Waals surface area contributed by atoms with Crippen molar-refractivity contribution in [3.05, 3.63) is 29.8 Å². The Morgan fingerprint density at radius 2 is 1.81 bits per heavy atom. The van der Waals surface area contributed by atoms with Gasteiger partial charge < -0.3 is 10.0 Å². The van der Waals surface area contributed by atoms with Crippen molar-refractivity contribution < 1.29 is 23.1 Å². The highest BCUT2D eigenvalue weighted by Gasteiger charge is 2.33. The molecule has 0 spiro atoms. The minimum Gasteiger partial charge on any atom is -0.480 e. The van der Waals surface area contributed by atoms with E-state index in [-0.39, 0.29) is 17.2 Å². The second kappa shape index (κ2) is 8.64. The zero-order valence-corrected chi connectivity index (χ0v) is 16.0. The van der Waals surface area contributed by atoms with E-state index < -0.39 is 22.0 Å². The Hall–Kier alpha value is -1.93. The summed E-state index contributed by atoms with van der Waals surface area (Å²) < 4.78 is 26.3. The maximum Gasteiger partial charge on any atom is 0.326 e. The largest absolute Gasteiger partial charge is 0.480 e. The molecule has 8 heteroatoms. The van der Waals surface area contributed by atoms with Crippen LogP contribution < -0.4 is 0 Å². The third-order valence-corrected chi connectivity index (χ3v) is 6.82. The van der Waals surface area contributed by atoms with Crippen LogP contribution in [0.1, 0.15) is 38.7 Å². The van der Waals surface area contributed by atoms with Crippen LogP contribution in [-0.4, -0.2) is 60.3 Å². The summed E-state index contributed by atoms with van der Waals surface area (Å²) in [6.45, 7) is 4.90. The third kappa shape index (κ3) is 4.42. The topological polar surface area (TPSA) is 95.0 Å². The second-order valence-electron chi connectivity index (χ2n) is 6.32. The van der Waals surface area contributed by atoms with Gasteiger partial charge in [0.25, 0.3) is 0 Å². The molecule has 2 rings (SSSR count). The lowest BCUT2D eigenvalue weighted by Crippen LogP contribution is -2.40. The van der Waals surface area contributed by atoms with Crippen molar-refractivity contribution >= 4 is 21.9 Å². The van der Waals surface area contributed by atoms with Gasteiger partial charge in [0.15, 0.2) is 0 Å². The number of sulfonamides is 1. The summed E-state index contributed by atoms with van der Waals surface area (Å²) in [5.74, 6) is -1.13. The number of hydrogen-bond acceptors (Lipinski definition) is 4. The standard InChI is InChI=1S/C18H26N2O5S/c1-3-19(4-2)26(24,25)15-10-7-14(8-11-15)9-12-17(21)20-13-5-6-16(20)18(22)23/h7-8,10-11,16H,3-6,9,12-13H2,1-2H3,(H,22,23)/t16-/m0/s1. The molecule has 1 heterocycles. The molecular formula is C18H26N2O5S. The molecule has 1 saturated heterocycles. The van der Waals surface area contributed by atoms with Crippen LogP contribution in [-0.2, 0) is 26.0 Å². The Morgan fingerprint density at radius 1 is 1.19 bits per heavy atom. The number of amides is 1. The van der Waals surface area contributed by atoms with Gasteiger partial charge in [-0.2, -0.15) is 4.31 Å². The molecular weight excluding hydrogens is 356 g/mol. The first-order valence-corrected chi connectivity index (χ1v) is 10.4. The summed E-state index contributed by atoms with van der Waals surface area (Å²) in [4.78, 5) is 25.1. The normalized spacial score (nSPS) is 17.7. The van der Waals surface area contributed by atoms with Gasteiger partial charge in [-0.25, -0.2) is 13.2 Å². The number of aliphatic carboxylic acids is 1. The Bertz CT molecular complexity index is 741. The van der Waals surface area contributed by atoms with Gasteiger partial charge in [0.1, 0.15) is 6.04 Å². The summed E-state index contributed by atoms with van der Waals surface area (Å²) in [7, 11) is -3.49. The van der Waals surface area contributed by atoms with Gasteiger partial charge in [-0.1, -0.05) is 26.0 Å². The molecule has 1 aromatic carbocycles. The summed E-state index contributed by atoms with van der Waals surface area (Å²) in [6.07, 6.45) is 1.87. The predicted molar refractivity (Wildman–Crippen MR) is 97.2 cm³/mol. The van der Waals surface area contributed by atoms with Crippen LogP contribution in [0.2, 0.25) is 0 Å². The van der Waals surface area contributed by atoms with Crippen molar-refractivity contribution in [2.75, 3.05) is 19.6 Å². The zero-order valence-electron chi connectivity index (χ0n) is 15.2. The molecule has 0 saturated carbocycles. The highest BCUT2D eigenvalue weighted by Crippen LogP contribution is 2.20. The summed E-state index contributed by atoms with van der Waals surface area (Å²) >= 11 is 0. The van der Waals surface area contributed by atoms with Crippen LogP contribution in [0, 0.1) is 0 Å². The number of hydrogen-bond donors (Lipinski definition) is 1. The van der Waals surface area contributed by atoms with Crippen LogP contribution in [0.4, 0.5) is 0 Å². The predicted octanol–water partition coefficient (Wildman–Crippen LogP) is 1.73. The van der Waals surface area contributed by atoms with Crippen molar-refractivity contribution in [1.82, 2.24) is 9.21 Å². The Balaban J connectivity index is 1.99. The maximum absolute atomic E-state index is 12.5. The van der Waals surface area contributed by atoms with Crippen LogP contribution in [0.25, 0.3) is 0 Å². The van der Waals surface area contributed by atoms with Crippen molar-refractivity contribution in [2.24, 2.45) is 0 Å². The van der Waals surface area contributed by atoms with E-state index in [2.05, 4.69) is 0 Å². The molecule has 7 nitrogen and oxygen atoms in total. The molecule has 1 aliphatic rings. The summed E-state index contributed by atoms with van der Waals surface area (Å²) in [5, 5.41) is 9.16. The molecule has 0 bridgehead atoms. The highest BCUT2D eigenvalue weighted by molar-refractivity contribution is 7.89. The molecule has 1 atom stereocenters. The Morgan fingerprint density at radius 3 is 2.35 bits per heavy atom. The average molecular weight is 382 g/mol. The molecule has 1 aromatic rings. The number of likely N-dealkylation sites (tertiary alicyclic amines) is 1. The molecule has 0 radical (unpaired) electrons. The number of carboxylic acids is 1. The molecule has 1 fully saturated rings. The Labute approximate surface area is 154 Å². The van der Waals surface area contributed by atoms with E-state index in [9.17, 15) is 18.0 Å². The van der Waals surface area contributed by atoms with Gasteiger partial charge in [0.05, 0.1) is 4.90 Å². The van der Waals surface area contributed by atoms with Gasteiger partial charge in [-0.3, -0.25) is 4.79 Å². The quantitative estimate of drug-likeness (QED) is 0.739. The Kier molecular flexibility index (Phi) is 6.77. The van der Waals surface area contributed by atoms with Crippen LogP contribution in [0.15, 0.2) is 29.2 Å². The van der Waals surface area contributed by atoms with E-state index in [1.165, 1.54) is 9.21 Å². The molecule has 1 amide bonds. The van der Waals surface area contributed by atoms with Gasteiger partial charge >= 0.3 is 5.97 Å². The number of rotatable bonds is 8. The number of carbonyl (C=O) groups excluding carboxylic acids is 1. The summed E-state index contributed by atoms with van der Waals surface area (Å²) in [5.41, 5.74) is 0.850. The number of nitrogens with zero attached hydrogens (tertiary/aromatic N) is 2. The summed E-state index contributed by atoms with van der Waals surface area (Å²) in [6, 6.07) is 5.82. The fourth-order valence-electron chi connectivity index (χ4n) is 3.26. The molecule has 144 valence electrons. The second-order valence-corrected chi connectivity index (χ2v) is 8.25. The lowest BCUT2D eigenvalue weighted by atomic mass is 10.1. The van der Waals surface area contributed by atoms with Crippen molar-refractivity contribution in [3.63, 3.8) is 0 Å². The van der Waals surface area contributed by atoms with Crippen LogP contribution in [0.5, 0.6) is 0 Å². The van der Waals surface area contributed by atoms with E-state index in [1.54, 1.807) is 38.1 Å². The van der Waals surface area contributed by atoms with Gasteiger partial charge in [-0.15, -0.1) is 0 Å². The van der Waals surface area contributed by atoms with E-state index in [0.29, 0.717) is 38.9 Å². The maximum atomic E-state index is 12.5. The molecule has 26 heavy (non-hydrogen) atoms. The van der Waals surface area contributed by atoms with Crippen LogP contribution in [0.3, 0.4) is 0 Å². The van der Waals surface area contributed by atoms with E-state index in [1.807, 2.05) is 0 Å². The van der Waals surface area contributed by atoms with Crippen LogP contribution >= 0.6 is 0 Å². The molecule has 0 aromatic heterocycles. The smallest absolute Gasteiger partial charge is 0.326 e. The van der Waals surface area contributed by atoms with Gasteiger partial charge in [0, 0.05) is 26.1 Å². The molecule has 1 aliphatic heterocycles. The fraction of sp³-hybridized carbons (Fsp3) is 0.556. The number of benzene rings is 1. The first-order chi connectivity index (χ1) is 12.3. The van der Waals surface area contributed by atoms with E-state index in [0.717, 1.165) is 5.56 Å².